The van der Waals surface area contributed by atoms with Crippen molar-refractivity contribution in [3.63, 3.8) is 0 Å². The molecule has 148 valence electrons. The van der Waals surface area contributed by atoms with Gasteiger partial charge < -0.3 is 5.73 Å². The molecule has 5 aromatic rings. The zero-order valence-electron chi connectivity index (χ0n) is 15.7. The lowest BCUT2D eigenvalue weighted by atomic mass is 10.1. The number of thiazole rings is 1. The van der Waals surface area contributed by atoms with E-state index in [1.807, 2.05) is 36.6 Å². The van der Waals surface area contributed by atoms with Gasteiger partial charge in [0, 0.05) is 16.0 Å². The van der Waals surface area contributed by atoms with Gasteiger partial charge in [0.1, 0.15) is 10.8 Å². The zero-order chi connectivity index (χ0) is 20.8. The van der Waals surface area contributed by atoms with Crippen molar-refractivity contribution in [3.8, 4) is 33.1 Å². The van der Waals surface area contributed by atoms with Crippen LogP contribution in [0.2, 0.25) is 5.02 Å². The fourth-order valence-corrected chi connectivity index (χ4v) is 4.21. The van der Waals surface area contributed by atoms with E-state index in [0.717, 1.165) is 28.1 Å². The van der Waals surface area contributed by atoms with Crippen LogP contribution in [0.25, 0.3) is 38.7 Å². The van der Waals surface area contributed by atoms with Crippen LogP contribution in [0.1, 0.15) is 5.69 Å². The van der Waals surface area contributed by atoms with E-state index in [4.69, 9.17) is 17.3 Å². The lowest BCUT2D eigenvalue weighted by Gasteiger charge is -2.04. The highest BCUT2D eigenvalue weighted by Crippen LogP contribution is 2.33. The van der Waals surface area contributed by atoms with Gasteiger partial charge in [0.2, 0.25) is 0 Å². The molecule has 5 rings (SSSR count). The summed E-state index contributed by atoms with van der Waals surface area (Å²) in [7, 11) is 0. The summed E-state index contributed by atoms with van der Waals surface area (Å²) in [4.78, 5) is 4.66. The molecule has 6 nitrogen and oxygen atoms in total. The monoisotopic (exact) mass is 436 g/mol. The van der Waals surface area contributed by atoms with Gasteiger partial charge in [-0.15, -0.1) is 21.5 Å². The van der Waals surface area contributed by atoms with Crippen LogP contribution in [0.15, 0.2) is 53.9 Å². The van der Waals surface area contributed by atoms with Crippen molar-refractivity contribution in [2.24, 2.45) is 0 Å². The second-order valence-corrected chi connectivity index (χ2v) is 7.98. The summed E-state index contributed by atoms with van der Waals surface area (Å²) in [6.07, 6.45) is 0. The Kier molecular flexibility index (Phi) is 4.45. The van der Waals surface area contributed by atoms with E-state index in [-0.39, 0.29) is 5.82 Å². The number of hydrogen-bond donors (Lipinski definition) is 1. The number of aryl methyl sites for hydroxylation is 1. The lowest BCUT2D eigenvalue weighted by molar-refractivity contribution is 0.628. The van der Waals surface area contributed by atoms with Gasteiger partial charge in [0.15, 0.2) is 17.2 Å². The Bertz CT molecular complexity index is 1380. The van der Waals surface area contributed by atoms with Gasteiger partial charge in [0.05, 0.1) is 17.0 Å². The van der Waals surface area contributed by atoms with Crippen molar-refractivity contribution in [2.45, 2.75) is 6.92 Å². The molecule has 0 spiro atoms. The Morgan fingerprint density at radius 1 is 1.00 bits per heavy atom. The molecule has 3 heterocycles. The first kappa shape index (κ1) is 18.7. The highest BCUT2D eigenvalue weighted by Gasteiger charge is 2.20. The third-order valence-corrected chi connectivity index (χ3v) is 5.83. The quantitative estimate of drug-likeness (QED) is 0.417. The Morgan fingerprint density at radius 2 is 1.70 bits per heavy atom. The highest BCUT2D eigenvalue weighted by atomic mass is 35.5. The first-order valence-electron chi connectivity index (χ1n) is 9.00. The van der Waals surface area contributed by atoms with Gasteiger partial charge >= 0.3 is 0 Å². The number of rotatable bonds is 3. The smallest absolute Gasteiger partial charge is 0.187 e. The van der Waals surface area contributed by atoms with Crippen molar-refractivity contribution in [1.82, 2.24) is 24.8 Å². The van der Waals surface area contributed by atoms with E-state index in [9.17, 15) is 4.39 Å². The molecule has 3 aromatic heterocycles. The maximum absolute atomic E-state index is 13.3. The second kappa shape index (κ2) is 7.16. The Labute approximate surface area is 179 Å². The van der Waals surface area contributed by atoms with Gasteiger partial charge in [-0.2, -0.15) is 9.61 Å². The van der Waals surface area contributed by atoms with Crippen LogP contribution >= 0.6 is 22.9 Å². The second-order valence-electron chi connectivity index (χ2n) is 6.68. The summed E-state index contributed by atoms with van der Waals surface area (Å²) in [6, 6.07) is 13.6. The SMILES string of the molecule is Cc1nn2c(N)c(-c3nc(-c4ccc(Cl)cc4)cs3)nnc2c1-c1ccc(F)cc1. The molecule has 0 radical (unpaired) electrons. The van der Waals surface area contributed by atoms with Crippen molar-refractivity contribution in [2.75, 3.05) is 5.73 Å². The number of anilines is 1. The van der Waals surface area contributed by atoms with E-state index >= 15 is 0 Å². The van der Waals surface area contributed by atoms with Crippen LogP contribution in [0.3, 0.4) is 0 Å². The number of nitrogen functional groups attached to an aromatic ring is 1. The minimum absolute atomic E-state index is 0.305. The molecule has 0 aliphatic heterocycles. The highest BCUT2D eigenvalue weighted by molar-refractivity contribution is 7.13. The van der Waals surface area contributed by atoms with Crippen LogP contribution in [0, 0.1) is 12.7 Å². The molecule has 0 fully saturated rings. The molecule has 0 unspecified atom stereocenters. The average Bonchev–Trinajstić information content (AvgIpc) is 3.35. The van der Waals surface area contributed by atoms with E-state index in [1.54, 1.807) is 16.6 Å². The summed E-state index contributed by atoms with van der Waals surface area (Å²) >= 11 is 7.39. The minimum atomic E-state index is -0.305. The molecular weight excluding hydrogens is 423 g/mol. The Hall–Kier alpha value is -3.36. The minimum Gasteiger partial charge on any atom is -0.382 e. The molecule has 9 heteroatoms. The van der Waals surface area contributed by atoms with Crippen LogP contribution in [-0.4, -0.2) is 24.8 Å². The first-order chi connectivity index (χ1) is 14.5. The van der Waals surface area contributed by atoms with Gasteiger partial charge in [-0.3, -0.25) is 0 Å². The molecule has 0 aliphatic carbocycles. The summed E-state index contributed by atoms with van der Waals surface area (Å²) in [5.41, 5.74) is 11.4. The number of nitrogens with two attached hydrogens (primary N) is 1. The van der Waals surface area contributed by atoms with Crippen molar-refractivity contribution < 1.29 is 4.39 Å². The zero-order valence-corrected chi connectivity index (χ0v) is 17.2. The molecule has 30 heavy (non-hydrogen) atoms. The van der Waals surface area contributed by atoms with Crippen LogP contribution in [-0.2, 0) is 0 Å². The number of aromatic nitrogens is 5. The van der Waals surface area contributed by atoms with Crippen LogP contribution in [0.5, 0.6) is 0 Å². The Morgan fingerprint density at radius 3 is 2.43 bits per heavy atom. The third kappa shape index (κ3) is 3.10. The topological polar surface area (TPSA) is 82.0 Å². The fourth-order valence-electron chi connectivity index (χ4n) is 3.27. The van der Waals surface area contributed by atoms with E-state index < -0.39 is 0 Å². The van der Waals surface area contributed by atoms with E-state index in [1.165, 1.54) is 23.5 Å². The maximum Gasteiger partial charge on any atom is 0.187 e. The molecule has 0 amide bonds. The predicted octanol–water partition coefficient (Wildman–Crippen LogP) is 5.26. The standard InChI is InChI=1S/C21H14ClFN6S/c1-11-17(13-4-8-15(23)9-5-13)20-27-26-18(19(24)29(20)28-11)21-25-16(10-30-21)12-2-6-14(22)7-3-12/h2-10H,24H2,1H3. The number of fused-ring (bicyclic) bond motifs is 1. The predicted molar refractivity (Wildman–Crippen MR) is 117 cm³/mol. The van der Waals surface area contributed by atoms with Crippen LogP contribution < -0.4 is 5.73 Å². The molecule has 0 bridgehead atoms. The molecule has 2 aromatic carbocycles. The van der Waals surface area contributed by atoms with E-state index in [0.29, 0.717) is 27.2 Å². The lowest BCUT2D eigenvalue weighted by Crippen LogP contribution is -2.05. The van der Waals surface area contributed by atoms with Crippen molar-refractivity contribution >= 4 is 34.4 Å². The van der Waals surface area contributed by atoms with Gasteiger partial charge in [-0.05, 0) is 36.8 Å². The molecule has 2 N–H and O–H groups in total. The number of halogens is 2. The van der Waals surface area contributed by atoms with Crippen molar-refractivity contribution in [3.05, 3.63) is 70.4 Å². The molecule has 0 atom stereocenters. The number of hydrogen-bond acceptors (Lipinski definition) is 6. The number of nitrogens with zero attached hydrogens (tertiary/aromatic N) is 5. The summed E-state index contributed by atoms with van der Waals surface area (Å²) in [5, 5.41) is 16.5. The maximum atomic E-state index is 13.3. The number of benzene rings is 2. The average molecular weight is 437 g/mol. The van der Waals surface area contributed by atoms with E-state index in [2.05, 4.69) is 20.3 Å². The van der Waals surface area contributed by atoms with Gasteiger partial charge in [-0.1, -0.05) is 35.9 Å². The molecule has 0 aliphatic rings. The van der Waals surface area contributed by atoms with Crippen molar-refractivity contribution in [1.29, 1.82) is 0 Å². The largest absolute Gasteiger partial charge is 0.382 e. The Balaban J connectivity index is 1.59. The van der Waals surface area contributed by atoms with Crippen LogP contribution in [0.4, 0.5) is 10.2 Å². The fraction of sp³-hybridized carbons (Fsp3) is 0.0476. The molecule has 0 saturated heterocycles. The summed E-state index contributed by atoms with van der Waals surface area (Å²) in [6.45, 7) is 1.86. The molecular formula is C21H14ClFN6S. The third-order valence-electron chi connectivity index (χ3n) is 4.73. The summed E-state index contributed by atoms with van der Waals surface area (Å²) < 4.78 is 14.9. The first-order valence-corrected chi connectivity index (χ1v) is 10.3. The molecule has 0 saturated carbocycles. The van der Waals surface area contributed by atoms with Gasteiger partial charge in [-0.25, -0.2) is 9.37 Å². The normalized spacial score (nSPS) is 11.3. The summed E-state index contributed by atoms with van der Waals surface area (Å²) in [5.74, 6) is 0.0366. The van der Waals surface area contributed by atoms with Gasteiger partial charge in [0.25, 0.3) is 0 Å².